The molecular formula is C22H18BrF2N5O2. The molecule has 0 radical (unpaired) electrons. The van der Waals surface area contributed by atoms with Gasteiger partial charge in [-0.1, -0.05) is 5.16 Å². The van der Waals surface area contributed by atoms with E-state index in [1.807, 2.05) is 26.2 Å². The largest absolute Gasteiger partial charge is 0.355 e. The third kappa shape index (κ3) is 4.18. The van der Waals surface area contributed by atoms with E-state index in [0.717, 1.165) is 27.9 Å². The molecule has 0 saturated carbocycles. The molecule has 1 N–H and O–H groups in total. The molecular weight excluding hydrogens is 484 g/mol. The highest BCUT2D eigenvalue weighted by molar-refractivity contribution is 9.10. The van der Waals surface area contributed by atoms with Gasteiger partial charge >= 0.3 is 0 Å². The number of benzene rings is 1. The fourth-order valence-corrected chi connectivity index (χ4v) is 4.06. The first-order valence-electron chi connectivity index (χ1n) is 9.58. The van der Waals surface area contributed by atoms with Crippen LogP contribution in [0.3, 0.4) is 0 Å². The Kier molecular flexibility index (Phi) is 5.88. The summed E-state index contributed by atoms with van der Waals surface area (Å²) >= 11 is 3.54. The number of carbonyl (C=O) groups excluding carboxylic acids is 1. The Balaban J connectivity index is 1.58. The SMILES string of the molecule is Cn1cc(C(C)(CNC(=O)c2cc(-c3ccc(F)cc3F)on2)c2ncccc2Br)cn1. The van der Waals surface area contributed by atoms with Crippen molar-refractivity contribution in [3.63, 3.8) is 0 Å². The minimum atomic E-state index is -0.808. The number of nitrogens with zero attached hydrogens (tertiary/aromatic N) is 4. The molecule has 1 aromatic carbocycles. The van der Waals surface area contributed by atoms with Crippen molar-refractivity contribution < 1.29 is 18.1 Å². The lowest BCUT2D eigenvalue weighted by Crippen LogP contribution is -2.40. The van der Waals surface area contributed by atoms with Gasteiger partial charge in [0, 0.05) is 48.2 Å². The zero-order valence-electron chi connectivity index (χ0n) is 17.1. The molecule has 0 bridgehead atoms. The van der Waals surface area contributed by atoms with Gasteiger partial charge in [-0.25, -0.2) is 8.78 Å². The van der Waals surface area contributed by atoms with Crippen LogP contribution >= 0.6 is 15.9 Å². The highest BCUT2D eigenvalue weighted by Crippen LogP contribution is 2.34. The third-order valence-electron chi connectivity index (χ3n) is 5.17. The third-order valence-corrected chi connectivity index (χ3v) is 5.80. The normalized spacial score (nSPS) is 13.0. The van der Waals surface area contributed by atoms with Crippen molar-refractivity contribution in [2.24, 2.45) is 7.05 Å². The number of rotatable bonds is 6. The van der Waals surface area contributed by atoms with Crippen molar-refractivity contribution in [2.75, 3.05) is 6.54 Å². The molecule has 1 amide bonds. The number of pyridine rings is 1. The van der Waals surface area contributed by atoms with E-state index >= 15 is 0 Å². The first-order chi connectivity index (χ1) is 15.3. The molecule has 0 spiro atoms. The molecule has 0 aliphatic heterocycles. The zero-order chi connectivity index (χ0) is 22.9. The maximum Gasteiger partial charge on any atom is 0.273 e. The lowest BCUT2D eigenvalue weighted by molar-refractivity contribution is 0.0938. The van der Waals surface area contributed by atoms with Crippen LogP contribution in [0.4, 0.5) is 8.78 Å². The summed E-state index contributed by atoms with van der Waals surface area (Å²) in [6.07, 6.45) is 5.26. The number of hydrogen-bond acceptors (Lipinski definition) is 5. The van der Waals surface area contributed by atoms with Crippen molar-refractivity contribution >= 4 is 21.8 Å². The number of amides is 1. The Bertz CT molecular complexity index is 1290. The fraction of sp³-hybridized carbons (Fsp3) is 0.182. The molecule has 0 aliphatic carbocycles. The van der Waals surface area contributed by atoms with E-state index in [2.05, 4.69) is 36.5 Å². The van der Waals surface area contributed by atoms with E-state index in [1.165, 1.54) is 12.1 Å². The van der Waals surface area contributed by atoms with Gasteiger partial charge in [-0.15, -0.1) is 0 Å². The summed E-state index contributed by atoms with van der Waals surface area (Å²) < 4.78 is 34.7. The van der Waals surface area contributed by atoms with Gasteiger partial charge in [0.25, 0.3) is 5.91 Å². The maximum atomic E-state index is 14.0. The Morgan fingerprint density at radius 1 is 1.28 bits per heavy atom. The van der Waals surface area contributed by atoms with Crippen LogP contribution in [0.5, 0.6) is 0 Å². The van der Waals surface area contributed by atoms with Crippen LogP contribution in [0.15, 0.2) is 64.0 Å². The number of aromatic nitrogens is 4. The predicted octanol–water partition coefficient (Wildman–Crippen LogP) is 4.25. The van der Waals surface area contributed by atoms with Crippen LogP contribution in [-0.2, 0) is 12.5 Å². The summed E-state index contributed by atoms with van der Waals surface area (Å²) in [5, 5.41) is 10.8. The lowest BCUT2D eigenvalue weighted by Gasteiger charge is -2.29. The van der Waals surface area contributed by atoms with Crippen molar-refractivity contribution in [1.29, 1.82) is 0 Å². The second-order valence-electron chi connectivity index (χ2n) is 7.45. The molecule has 1 atom stereocenters. The van der Waals surface area contributed by atoms with Gasteiger partial charge in [0.05, 0.1) is 22.9 Å². The Morgan fingerprint density at radius 2 is 2.09 bits per heavy atom. The summed E-state index contributed by atoms with van der Waals surface area (Å²) in [6, 6.07) is 8.06. The van der Waals surface area contributed by atoms with Crippen LogP contribution in [0.25, 0.3) is 11.3 Å². The van der Waals surface area contributed by atoms with Gasteiger partial charge in [0.1, 0.15) is 11.6 Å². The smallest absolute Gasteiger partial charge is 0.273 e. The Labute approximate surface area is 190 Å². The molecule has 164 valence electrons. The van der Waals surface area contributed by atoms with Crippen molar-refractivity contribution in [3.8, 4) is 11.3 Å². The molecule has 1 unspecified atom stereocenters. The zero-order valence-corrected chi connectivity index (χ0v) is 18.7. The van der Waals surface area contributed by atoms with Crippen LogP contribution in [0.1, 0.15) is 28.7 Å². The maximum absolute atomic E-state index is 14.0. The Hall–Kier alpha value is -3.40. The van der Waals surface area contributed by atoms with Crippen molar-refractivity contribution in [1.82, 2.24) is 25.2 Å². The highest BCUT2D eigenvalue weighted by Gasteiger charge is 2.34. The van der Waals surface area contributed by atoms with Crippen LogP contribution < -0.4 is 5.32 Å². The average Bonchev–Trinajstić information content (AvgIpc) is 3.42. The standard InChI is InChI=1S/C22H18BrF2N5O2/c1-22(13-10-28-30(2)11-13,20-16(23)4-3-7-26-20)12-27-21(31)18-9-19(32-29-18)15-6-5-14(24)8-17(15)25/h3-11H,12H2,1-2H3,(H,27,31). The quantitative estimate of drug-likeness (QED) is 0.426. The van der Waals surface area contributed by atoms with Gasteiger partial charge < -0.3 is 9.84 Å². The van der Waals surface area contributed by atoms with Crippen LogP contribution in [-0.4, -0.2) is 32.4 Å². The topological polar surface area (TPSA) is 85.8 Å². The van der Waals surface area contributed by atoms with Gasteiger partial charge in [0.2, 0.25) is 0 Å². The minimum Gasteiger partial charge on any atom is -0.355 e. The second kappa shape index (κ2) is 8.62. The molecule has 4 aromatic rings. The minimum absolute atomic E-state index is 0.00978. The van der Waals surface area contributed by atoms with Gasteiger partial charge in [-0.3, -0.25) is 14.5 Å². The first-order valence-corrected chi connectivity index (χ1v) is 10.4. The summed E-state index contributed by atoms with van der Waals surface area (Å²) in [6.45, 7) is 2.12. The summed E-state index contributed by atoms with van der Waals surface area (Å²) in [7, 11) is 1.81. The number of hydrogen-bond donors (Lipinski definition) is 1. The van der Waals surface area contributed by atoms with E-state index < -0.39 is 23.0 Å². The molecule has 7 nitrogen and oxygen atoms in total. The van der Waals surface area contributed by atoms with E-state index in [4.69, 9.17) is 4.52 Å². The van der Waals surface area contributed by atoms with E-state index in [9.17, 15) is 13.6 Å². The number of halogens is 3. The molecule has 0 saturated heterocycles. The summed E-state index contributed by atoms with van der Waals surface area (Å²) in [5.74, 6) is -2.00. The predicted molar refractivity (Wildman–Crippen MR) is 116 cm³/mol. The molecule has 4 rings (SSSR count). The number of nitrogens with one attached hydrogen (secondary N) is 1. The van der Waals surface area contributed by atoms with Crippen LogP contribution in [0.2, 0.25) is 0 Å². The van der Waals surface area contributed by atoms with E-state index in [1.54, 1.807) is 23.1 Å². The summed E-state index contributed by atoms with van der Waals surface area (Å²) in [4.78, 5) is 17.3. The van der Waals surface area contributed by atoms with Crippen molar-refractivity contribution in [3.05, 3.63) is 88.0 Å². The monoisotopic (exact) mass is 501 g/mol. The molecule has 0 fully saturated rings. The Morgan fingerprint density at radius 3 is 2.78 bits per heavy atom. The van der Waals surface area contributed by atoms with Gasteiger partial charge in [-0.05, 0) is 47.1 Å². The fourth-order valence-electron chi connectivity index (χ4n) is 3.37. The molecule has 3 aromatic heterocycles. The average molecular weight is 502 g/mol. The van der Waals surface area contributed by atoms with Gasteiger partial charge in [-0.2, -0.15) is 5.10 Å². The van der Waals surface area contributed by atoms with E-state index in [-0.39, 0.29) is 23.6 Å². The van der Waals surface area contributed by atoms with Gasteiger partial charge in [0.15, 0.2) is 11.5 Å². The molecule has 32 heavy (non-hydrogen) atoms. The molecule has 0 aliphatic rings. The van der Waals surface area contributed by atoms with E-state index in [0.29, 0.717) is 0 Å². The molecule has 10 heteroatoms. The second-order valence-corrected chi connectivity index (χ2v) is 8.31. The van der Waals surface area contributed by atoms with Crippen molar-refractivity contribution in [2.45, 2.75) is 12.3 Å². The first kappa shape index (κ1) is 21.8. The number of carbonyl (C=O) groups is 1. The molecule has 3 heterocycles. The lowest BCUT2D eigenvalue weighted by atomic mass is 9.80. The van der Waals surface area contributed by atoms with Crippen LogP contribution in [0, 0.1) is 11.6 Å². The summed E-state index contributed by atoms with van der Waals surface area (Å²) in [5.41, 5.74) is 0.851. The highest BCUT2D eigenvalue weighted by atomic mass is 79.9. The number of aryl methyl sites for hydroxylation is 1.